The third-order valence-corrected chi connectivity index (χ3v) is 4.70. The van der Waals surface area contributed by atoms with E-state index >= 15 is 0 Å². The molecule has 2 heterocycles. The van der Waals surface area contributed by atoms with E-state index in [4.69, 9.17) is 13.6 Å². The lowest BCUT2D eigenvalue weighted by molar-refractivity contribution is -0.130. The van der Waals surface area contributed by atoms with E-state index in [1.807, 2.05) is 31.7 Å². The smallest absolute Gasteiger partial charge is 0.161 e. The molecule has 2 atom stereocenters. The van der Waals surface area contributed by atoms with Crippen LogP contribution in [0.2, 0.25) is 0 Å². The van der Waals surface area contributed by atoms with Gasteiger partial charge in [-0.25, -0.2) is 0 Å². The third-order valence-electron chi connectivity index (χ3n) is 4.70. The van der Waals surface area contributed by atoms with E-state index in [0.717, 1.165) is 17.5 Å². The average molecular weight is 334 g/mol. The molecular formula is C20H29NO3. The summed E-state index contributed by atoms with van der Waals surface area (Å²) in [5, 5.41) is 0. The fourth-order valence-electron chi connectivity index (χ4n) is 3.66. The fourth-order valence-corrected chi connectivity index (χ4v) is 3.66. The maximum absolute atomic E-state index is 13.1. The van der Waals surface area contributed by atoms with Crippen LogP contribution in [-0.2, 0) is 11.2 Å². The molecule has 2 aliphatic heterocycles. The molecule has 3 rings (SSSR count). The highest BCUT2D eigenvalue weighted by Gasteiger charge is 2.39. The van der Waals surface area contributed by atoms with Gasteiger partial charge < -0.3 is 9.47 Å². The van der Waals surface area contributed by atoms with Crippen LogP contribution in [0.3, 0.4) is 0 Å². The highest BCUT2D eigenvalue weighted by Crippen LogP contribution is 2.43. The van der Waals surface area contributed by atoms with Crippen LogP contribution in [0.1, 0.15) is 54.8 Å². The molecule has 4 nitrogen and oxygen atoms in total. The van der Waals surface area contributed by atoms with Gasteiger partial charge in [0.25, 0.3) is 0 Å². The minimum absolute atomic E-state index is 0.232. The van der Waals surface area contributed by atoms with Gasteiger partial charge in [0.05, 0.1) is 14.2 Å². The molecule has 24 heavy (non-hydrogen) atoms. The molecule has 0 saturated carbocycles. The van der Waals surface area contributed by atoms with Gasteiger partial charge in [-0.2, -0.15) is 0 Å². The zero-order valence-corrected chi connectivity index (χ0v) is 15.2. The molecule has 1 aromatic carbocycles. The summed E-state index contributed by atoms with van der Waals surface area (Å²) in [6, 6.07) is 2.97. The minimum Gasteiger partial charge on any atom is -0.493 e. The Balaban J connectivity index is 2.07. The number of methoxy groups -OCH3 is 2. The molecule has 132 valence electrons. The summed E-state index contributed by atoms with van der Waals surface area (Å²) in [5.41, 5.74) is 1.50. The van der Waals surface area contributed by atoms with Gasteiger partial charge in [0, 0.05) is 35.5 Å². The minimum atomic E-state index is -2.14. The predicted molar refractivity (Wildman–Crippen MR) is 94.8 cm³/mol. The van der Waals surface area contributed by atoms with E-state index in [0.29, 0.717) is 24.5 Å². The molecule has 0 spiro atoms. The number of Topliss-reactive ketones (excluding diaryl/α,β-unsaturated/α-hetero) is 1. The van der Waals surface area contributed by atoms with Gasteiger partial charge in [0.15, 0.2) is 11.5 Å². The predicted octanol–water partition coefficient (Wildman–Crippen LogP) is 3.63. The van der Waals surface area contributed by atoms with Crippen LogP contribution >= 0.6 is 0 Å². The van der Waals surface area contributed by atoms with Crippen LogP contribution < -0.4 is 9.47 Å². The van der Waals surface area contributed by atoms with Crippen molar-refractivity contribution in [3.8, 4) is 11.5 Å². The van der Waals surface area contributed by atoms with E-state index < -0.39 is 24.1 Å². The van der Waals surface area contributed by atoms with Crippen molar-refractivity contribution in [2.45, 2.75) is 46.0 Å². The number of hydrogen-bond donors (Lipinski definition) is 0. The van der Waals surface area contributed by atoms with Gasteiger partial charge in [-0.3, -0.25) is 9.69 Å². The average Bonchev–Trinajstić information content (AvgIpc) is 2.56. The summed E-state index contributed by atoms with van der Waals surface area (Å²) >= 11 is 0. The number of carbonyl (C=O) groups excluding carboxylic acids is 1. The van der Waals surface area contributed by atoms with Crippen molar-refractivity contribution >= 4 is 5.78 Å². The van der Waals surface area contributed by atoms with E-state index in [1.165, 1.54) is 0 Å². The number of rotatable bonds is 3. The zero-order chi connectivity index (χ0) is 20.2. The zero-order valence-electron chi connectivity index (χ0n) is 18.2. The van der Waals surface area contributed by atoms with Gasteiger partial charge in [-0.15, -0.1) is 0 Å². The van der Waals surface area contributed by atoms with Gasteiger partial charge in [-0.05, 0) is 41.5 Å². The van der Waals surface area contributed by atoms with Crippen LogP contribution in [0.5, 0.6) is 11.5 Å². The Morgan fingerprint density at radius 2 is 1.96 bits per heavy atom. The molecular weight excluding hydrogens is 302 g/mol. The summed E-state index contributed by atoms with van der Waals surface area (Å²) in [7, 11) is 3.12. The summed E-state index contributed by atoms with van der Waals surface area (Å²) in [4.78, 5) is 15.1. The highest BCUT2D eigenvalue weighted by atomic mass is 16.5. The summed E-state index contributed by atoms with van der Waals surface area (Å²) in [6.45, 7) is 6.83. The highest BCUT2D eigenvalue weighted by molar-refractivity contribution is 5.83. The Bertz CT molecular complexity index is 760. The lowest BCUT2D eigenvalue weighted by atomic mass is 9.76. The van der Waals surface area contributed by atoms with Crippen molar-refractivity contribution in [1.29, 1.82) is 0 Å². The number of hydrogen-bond acceptors (Lipinski definition) is 4. The van der Waals surface area contributed by atoms with E-state index in [9.17, 15) is 4.79 Å². The van der Waals surface area contributed by atoms with Crippen molar-refractivity contribution in [1.82, 2.24) is 4.90 Å². The first kappa shape index (κ1) is 13.7. The summed E-state index contributed by atoms with van der Waals surface area (Å²) < 4.78 is 36.9. The van der Waals surface area contributed by atoms with Crippen molar-refractivity contribution in [3.63, 3.8) is 0 Å². The maximum Gasteiger partial charge on any atom is 0.161 e. The van der Waals surface area contributed by atoms with E-state index in [-0.39, 0.29) is 12.0 Å². The molecule has 0 aromatic heterocycles. The molecule has 1 aromatic rings. The molecule has 0 unspecified atom stereocenters. The Hall–Kier alpha value is -1.55. The van der Waals surface area contributed by atoms with E-state index in [2.05, 4.69) is 0 Å². The maximum atomic E-state index is 13.1. The van der Waals surface area contributed by atoms with Gasteiger partial charge in [0.2, 0.25) is 0 Å². The fraction of sp³-hybridized carbons (Fsp3) is 0.650. The first-order valence-corrected chi connectivity index (χ1v) is 8.47. The molecule has 0 amide bonds. The molecule has 0 N–H and O–H groups in total. The quantitative estimate of drug-likeness (QED) is 0.846. The van der Waals surface area contributed by atoms with Crippen molar-refractivity contribution in [3.05, 3.63) is 23.3 Å². The van der Waals surface area contributed by atoms with Crippen LogP contribution in [-0.4, -0.2) is 38.0 Å². The normalized spacial score (nSPS) is 31.3. The van der Waals surface area contributed by atoms with Gasteiger partial charge >= 0.3 is 0 Å². The van der Waals surface area contributed by atoms with Gasteiger partial charge in [-0.1, -0.05) is 20.8 Å². The monoisotopic (exact) mass is 334 g/mol. The molecule has 0 radical (unpaired) electrons. The number of fused-ring (bicyclic) bond motifs is 3. The number of carbonyl (C=O) groups is 1. The first-order chi connectivity index (χ1) is 12.4. The van der Waals surface area contributed by atoms with Gasteiger partial charge in [0.1, 0.15) is 5.78 Å². The topological polar surface area (TPSA) is 38.8 Å². The molecule has 0 bridgehead atoms. The molecule has 1 fully saturated rings. The number of nitrogens with zero attached hydrogens (tertiary/aromatic N) is 1. The summed E-state index contributed by atoms with van der Waals surface area (Å²) in [6.07, 6.45) is -1.08. The number of ketones is 1. The Labute approximate surface area is 149 Å². The Morgan fingerprint density at radius 3 is 2.58 bits per heavy atom. The molecule has 4 heteroatoms. The van der Waals surface area contributed by atoms with Crippen molar-refractivity contribution in [2.24, 2.45) is 11.3 Å². The second-order valence-electron chi connectivity index (χ2n) is 7.84. The SMILES string of the molecule is [2H]C1([2H])C(=O)[C@@]([2H])(CC(C)(C)C)CN2CCc3cc(OC)c(OC)cc3[C@@H]21. The number of piperidine rings is 1. The van der Waals surface area contributed by atoms with Crippen molar-refractivity contribution in [2.75, 3.05) is 27.3 Å². The summed E-state index contributed by atoms with van der Waals surface area (Å²) in [5.74, 6) is -0.922. The first-order valence-electron chi connectivity index (χ1n) is 9.97. The van der Waals surface area contributed by atoms with Crippen LogP contribution in [0.25, 0.3) is 0 Å². The second-order valence-corrected chi connectivity index (χ2v) is 7.84. The molecule has 2 aliphatic rings. The number of ether oxygens (including phenoxy) is 2. The molecule has 1 saturated heterocycles. The lowest BCUT2D eigenvalue weighted by Crippen LogP contribution is -2.47. The third kappa shape index (κ3) is 3.30. The standard InChI is InChI=1S/C20H29NO3/c1-20(2,3)11-14-12-21-7-6-13-8-18(23-4)19(24-5)9-15(13)16(21)10-17(14)22/h8-9,14,16H,6-7,10-12H2,1-5H3/t14-,16-/m0/s1/i10D2,14D. The van der Waals surface area contributed by atoms with Crippen LogP contribution in [0.15, 0.2) is 12.1 Å². The Kier molecular flexibility index (Phi) is 3.65. The molecule has 0 aliphatic carbocycles. The lowest BCUT2D eigenvalue weighted by Gasteiger charge is -2.44. The van der Waals surface area contributed by atoms with Crippen molar-refractivity contribution < 1.29 is 18.4 Å². The van der Waals surface area contributed by atoms with Crippen LogP contribution in [0, 0.1) is 11.3 Å². The largest absolute Gasteiger partial charge is 0.493 e. The van der Waals surface area contributed by atoms with E-state index in [1.54, 1.807) is 20.3 Å². The Morgan fingerprint density at radius 1 is 1.29 bits per heavy atom. The second kappa shape index (κ2) is 6.40. The number of benzene rings is 1. The van der Waals surface area contributed by atoms with Crippen LogP contribution in [0.4, 0.5) is 0 Å².